The molecule has 1 saturated carbocycles. The van der Waals surface area contributed by atoms with E-state index in [-0.39, 0.29) is 11.9 Å². The zero-order chi connectivity index (χ0) is 14.5. The van der Waals surface area contributed by atoms with Gasteiger partial charge in [0.25, 0.3) is 5.91 Å². The van der Waals surface area contributed by atoms with Crippen molar-refractivity contribution in [1.29, 1.82) is 0 Å². The van der Waals surface area contributed by atoms with Gasteiger partial charge in [-0.15, -0.1) is 0 Å². The van der Waals surface area contributed by atoms with Crippen molar-refractivity contribution in [2.75, 3.05) is 11.9 Å². The van der Waals surface area contributed by atoms with Crippen LogP contribution < -0.4 is 10.6 Å². The summed E-state index contributed by atoms with van der Waals surface area (Å²) in [6.07, 6.45) is 6.21. The first-order valence-corrected chi connectivity index (χ1v) is 7.70. The van der Waals surface area contributed by atoms with Crippen molar-refractivity contribution in [3.63, 3.8) is 0 Å². The summed E-state index contributed by atoms with van der Waals surface area (Å²) in [6, 6.07) is 1.92. The molecule has 20 heavy (non-hydrogen) atoms. The van der Waals surface area contributed by atoms with Gasteiger partial charge in [-0.1, -0.05) is 24.9 Å². The Morgan fingerprint density at radius 1 is 1.55 bits per heavy atom. The predicted molar refractivity (Wildman–Crippen MR) is 82.3 cm³/mol. The van der Waals surface area contributed by atoms with Crippen LogP contribution in [0.4, 0.5) is 5.82 Å². The van der Waals surface area contributed by atoms with E-state index in [4.69, 9.17) is 11.6 Å². The molecule has 5 heteroatoms. The van der Waals surface area contributed by atoms with Crippen molar-refractivity contribution >= 4 is 23.3 Å². The van der Waals surface area contributed by atoms with Crippen LogP contribution >= 0.6 is 11.6 Å². The smallest absolute Gasteiger partial charge is 0.253 e. The normalized spacial score (nSPS) is 16.4. The van der Waals surface area contributed by atoms with Gasteiger partial charge in [-0.25, -0.2) is 4.98 Å². The molecular formula is C15H22ClN3O. The summed E-state index contributed by atoms with van der Waals surface area (Å²) < 4.78 is 0. The van der Waals surface area contributed by atoms with Crippen molar-refractivity contribution in [2.24, 2.45) is 5.92 Å². The van der Waals surface area contributed by atoms with E-state index >= 15 is 0 Å². The monoisotopic (exact) mass is 295 g/mol. The Labute approximate surface area is 125 Å². The first kappa shape index (κ1) is 15.1. The van der Waals surface area contributed by atoms with Crippen molar-refractivity contribution < 1.29 is 4.79 Å². The Morgan fingerprint density at radius 3 is 2.90 bits per heavy atom. The number of carbonyl (C=O) groups is 1. The number of nitrogens with one attached hydrogen (secondary N) is 2. The Hall–Kier alpha value is -1.29. The fourth-order valence-electron chi connectivity index (χ4n) is 2.30. The zero-order valence-corrected chi connectivity index (χ0v) is 12.8. The van der Waals surface area contributed by atoms with Crippen molar-refractivity contribution in [1.82, 2.24) is 10.3 Å². The molecule has 1 aromatic rings. The number of hydrogen-bond acceptors (Lipinski definition) is 3. The summed E-state index contributed by atoms with van der Waals surface area (Å²) in [7, 11) is 0. The zero-order valence-electron chi connectivity index (χ0n) is 12.1. The van der Waals surface area contributed by atoms with Crippen LogP contribution in [0.15, 0.2) is 12.3 Å². The Morgan fingerprint density at radius 2 is 2.30 bits per heavy atom. The van der Waals surface area contributed by atoms with E-state index in [1.165, 1.54) is 25.5 Å². The molecule has 1 aromatic heterocycles. The van der Waals surface area contributed by atoms with Gasteiger partial charge >= 0.3 is 0 Å². The number of amides is 1. The fraction of sp³-hybridized carbons (Fsp3) is 0.600. The van der Waals surface area contributed by atoms with Gasteiger partial charge < -0.3 is 10.6 Å². The number of anilines is 1. The van der Waals surface area contributed by atoms with Crippen LogP contribution in [0, 0.1) is 5.92 Å². The Kier molecular flexibility index (Phi) is 5.24. The van der Waals surface area contributed by atoms with Crippen LogP contribution in [0.1, 0.15) is 49.9 Å². The number of hydrogen-bond donors (Lipinski definition) is 2. The van der Waals surface area contributed by atoms with E-state index in [0.717, 1.165) is 13.0 Å². The molecule has 0 aromatic carbocycles. The molecule has 110 valence electrons. The van der Waals surface area contributed by atoms with Gasteiger partial charge in [0, 0.05) is 18.8 Å². The van der Waals surface area contributed by atoms with Crippen LogP contribution in [0.2, 0.25) is 5.02 Å². The van der Waals surface area contributed by atoms with Crippen LogP contribution in [-0.4, -0.2) is 23.5 Å². The molecule has 1 aliphatic rings. The number of rotatable bonds is 6. The van der Waals surface area contributed by atoms with E-state index in [0.29, 0.717) is 22.3 Å². The first-order valence-electron chi connectivity index (χ1n) is 7.32. The van der Waals surface area contributed by atoms with Gasteiger partial charge in [0.05, 0.1) is 10.6 Å². The Balaban J connectivity index is 2.03. The lowest BCUT2D eigenvalue weighted by atomic mass is 9.80. The SMILES string of the molecule is CCCNc1cc(C(=O)NC(C)C2CCC2)c(Cl)cn1. The molecule has 1 atom stereocenters. The fourth-order valence-corrected chi connectivity index (χ4v) is 2.49. The van der Waals surface area contributed by atoms with E-state index in [1.54, 1.807) is 6.07 Å². The minimum absolute atomic E-state index is 0.114. The highest BCUT2D eigenvalue weighted by molar-refractivity contribution is 6.33. The minimum Gasteiger partial charge on any atom is -0.370 e. The lowest BCUT2D eigenvalue weighted by molar-refractivity contribution is 0.0909. The molecule has 0 spiro atoms. The van der Waals surface area contributed by atoms with E-state index in [1.807, 2.05) is 0 Å². The second-order valence-corrected chi connectivity index (χ2v) is 5.84. The summed E-state index contributed by atoms with van der Waals surface area (Å²) in [5.41, 5.74) is 0.492. The van der Waals surface area contributed by atoms with Crippen LogP contribution in [0.5, 0.6) is 0 Å². The van der Waals surface area contributed by atoms with E-state index in [9.17, 15) is 4.79 Å². The van der Waals surface area contributed by atoms with Crippen LogP contribution in [0.25, 0.3) is 0 Å². The topological polar surface area (TPSA) is 54.0 Å². The first-order chi connectivity index (χ1) is 9.61. The van der Waals surface area contributed by atoms with Crippen molar-refractivity contribution in [2.45, 2.75) is 45.6 Å². The number of nitrogens with zero attached hydrogens (tertiary/aromatic N) is 1. The van der Waals surface area contributed by atoms with Gasteiger partial charge in [-0.3, -0.25) is 4.79 Å². The lowest BCUT2D eigenvalue weighted by Crippen LogP contribution is -2.40. The molecular weight excluding hydrogens is 274 g/mol. The second kappa shape index (κ2) is 6.93. The maximum atomic E-state index is 12.3. The highest BCUT2D eigenvalue weighted by Gasteiger charge is 2.25. The maximum absolute atomic E-state index is 12.3. The molecule has 1 unspecified atom stereocenters. The molecule has 1 aliphatic carbocycles. The number of aromatic nitrogens is 1. The van der Waals surface area contributed by atoms with Gasteiger partial charge in [0.1, 0.15) is 5.82 Å². The van der Waals surface area contributed by atoms with E-state index < -0.39 is 0 Å². The minimum atomic E-state index is -0.114. The van der Waals surface area contributed by atoms with Gasteiger partial charge in [-0.05, 0) is 38.2 Å². The lowest BCUT2D eigenvalue weighted by Gasteiger charge is -2.31. The third-order valence-electron chi connectivity index (χ3n) is 3.87. The molecule has 2 rings (SSSR count). The summed E-state index contributed by atoms with van der Waals surface area (Å²) in [5, 5.41) is 6.60. The molecule has 1 amide bonds. The standard InChI is InChI=1S/C15H22ClN3O/c1-3-7-17-14-8-12(13(16)9-18-14)15(20)19-10(2)11-5-4-6-11/h8-11H,3-7H2,1-2H3,(H,17,18)(H,19,20). The maximum Gasteiger partial charge on any atom is 0.253 e. The van der Waals surface area contributed by atoms with Gasteiger partial charge in [0.15, 0.2) is 0 Å². The number of carbonyl (C=O) groups excluding carboxylic acids is 1. The summed E-state index contributed by atoms with van der Waals surface area (Å²) in [4.78, 5) is 16.5. The predicted octanol–water partition coefficient (Wildman–Crippen LogP) is 3.48. The average Bonchev–Trinajstić information content (AvgIpc) is 2.35. The average molecular weight is 296 g/mol. The number of halogens is 1. The van der Waals surface area contributed by atoms with Gasteiger partial charge in [0.2, 0.25) is 0 Å². The highest BCUT2D eigenvalue weighted by atomic mass is 35.5. The molecule has 1 fully saturated rings. The highest BCUT2D eigenvalue weighted by Crippen LogP contribution is 2.29. The van der Waals surface area contributed by atoms with Crippen molar-refractivity contribution in [3.8, 4) is 0 Å². The van der Waals surface area contributed by atoms with Crippen molar-refractivity contribution in [3.05, 3.63) is 22.8 Å². The largest absolute Gasteiger partial charge is 0.370 e. The summed E-state index contributed by atoms with van der Waals surface area (Å²) >= 11 is 6.08. The molecule has 0 saturated heterocycles. The third kappa shape index (κ3) is 3.63. The molecule has 2 N–H and O–H groups in total. The quantitative estimate of drug-likeness (QED) is 0.845. The summed E-state index contributed by atoms with van der Waals surface area (Å²) in [6.45, 7) is 4.97. The third-order valence-corrected chi connectivity index (χ3v) is 4.17. The Bertz CT molecular complexity index is 474. The number of pyridine rings is 1. The molecule has 4 nitrogen and oxygen atoms in total. The van der Waals surface area contributed by atoms with Crippen LogP contribution in [0.3, 0.4) is 0 Å². The second-order valence-electron chi connectivity index (χ2n) is 5.43. The summed E-state index contributed by atoms with van der Waals surface area (Å²) in [5.74, 6) is 1.19. The molecule has 0 bridgehead atoms. The van der Waals surface area contributed by atoms with Gasteiger partial charge in [-0.2, -0.15) is 0 Å². The molecule has 1 heterocycles. The molecule has 0 aliphatic heterocycles. The molecule has 0 radical (unpaired) electrons. The van der Waals surface area contributed by atoms with E-state index in [2.05, 4.69) is 29.5 Å². The van der Waals surface area contributed by atoms with Crippen LogP contribution in [-0.2, 0) is 0 Å².